The van der Waals surface area contributed by atoms with Crippen LogP contribution in [0.3, 0.4) is 0 Å². The summed E-state index contributed by atoms with van der Waals surface area (Å²) in [5.74, 6) is -0.447. The van der Waals surface area contributed by atoms with Crippen molar-refractivity contribution in [1.82, 2.24) is 4.98 Å². The lowest BCUT2D eigenvalue weighted by Gasteiger charge is -2.12. The van der Waals surface area contributed by atoms with Crippen LogP contribution < -0.4 is 0 Å². The Bertz CT molecular complexity index is 438. The minimum atomic E-state index is -0.468. The molecular weight excluding hydrogens is 242 g/mol. The second-order valence-corrected chi connectivity index (χ2v) is 4.82. The topological polar surface area (TPSA) is 65.5 Å². The van der Waals surface area contributed by atoms with E-state index < -0.39 is 5.97 Å². The molecule has 1 saturated carbocycles. The van der Waals surface area contributed by atoms with Gasteiger partial charge < -0.3 is 9.47 Å². The van der Waals surface area contributed by atoms with Crippen molar-refractivity contribution in [2.75, 3.05) is 7.11 Å². The number of nitrogens with zero attached hydrogens (tertiary/aromatic N) is 1. The molecule has 2 rings (SSSR count). The molecule has 1 aromatic heterocycles. The van der Waals surface area contributed by atoms with Gasteiger partial charge in [-0.2, -0.15) is 0 Å². The van der Waals surface area contributed by atoms with Crippen LogP contribution in [0, 0.1) is 5.92 Å². The third-order valence-electron chi connectivity index (χ3n) is 2.50. The zero-order valence-corrected chi connectivity index (χ0v) is 10.5. The van der Waals surface area contributed by atoms with E-state index in [2.05, 4.69) is 9.72 Å². The van der Waals surface area contributed by atoms with Gasteiger partial charge in [0.15, 0.2) is 11.8 Å². The fraction of sp³-hybridized carbons (Fsp3) is 0.545. The number of aromatic nitrogens is 1. The van der Waals surface area contributed by atoms with Crippen LogP contribution >= 0.6 is 11.3 Å². The van der Waals surface area contributed by atoms with E-state index in [0.717, 1.165) is 12.8 Å². The molecular formula is C11H13NO4S. The molecule has 1 fully saturated rings. The Labute approximate surface area is 103 Å². The molecule has 0 aliphatic heterocycles. The minimum absolute atomic E-state index is 0.269. The molecule has 0 amide bonds. The van der Waals surface area contributed by atoms with Crippen molar-refractivity contribution >= 4 is 23.3 Å². The van der Waals surface area contributed by atoms with Gasteiger partial charge in [0.1, 0.15) is 5.01 Å². The zero-order valence-electron chi connectivity index (χ0n) is 9.63. The highest BCUT2D eigenvalue weighted by molar-refractivity contribution is 7.09. The van der Waals surface area contributed by atoms with Gasteiger partial charge in [0.2, 0.25) is 0 Å². The first-order chi connectivity index (χ1) is 8.11. The van der Waals surface area contributed by atoms with Gasteiger partial charge in [-0.25, -0.2) is 9.78 Å². The maximum atomic E-state index is 11.3. The summed E-state index contributed by atoms with van der Waals surface area (Å²) in [5.41, 5.74) is 0.269. The Balaban J connectivity index is 2.15. The van der Waals surface area contributed by atoms with E-state index in [1.165, 1.54) is 25.4 Å². The molecule has 6 heteroatoms. The summed E-state index contributed by atoms with van der Waals surface area (Å²) in [4.78, 5) is 26.5. The van der Waals surface area contributed by atoms with Crippen molar-refractivity contribution in [2.45, 2.75) is 25.9 Å². The third kappa shape index (κ3) is 2.82. The molecule has 0 radical (unpaired) electrons. The van der Waals surface area contributed by atoms with E-state index >= 15 is 0 Å². The van der Waals surface area contributed by atoms with E-state index in [-0.39, 0.29) is 17.8 Å². The fourth-order valence-corrected chi connectivity index (χ4v) is 2.45. The van der Waals surface area contributed by atoms with Crippen LogP contribution in [0.1, 0.15) is 41.4 Å². The number of ether oxygens (including phenoxy) is 2. The van der Waals surface area contributed by atoms with Crippen molar-refractivity contribution in [2.24, 2.45) is 5.92 Å². The smallest absolute Gasteiger partial charge is 0.357 e. The number of carbonyl (C=O) groups excluding carboxylic acids is 2. The molecule has 1 aliphatic carbocycles. The molecule has 1 unspecified atom stereocenters. The Kier molecular flexibility index (Phi) is 3.42. The summed E-state index contributed by atoms with van der Waals surface area (Å²) in [7, 11) is 1.31. The van der Waals surface area contributed by atoms with Crippen LogP contribution in [0.2, 0.25) is 0 Å². The molecule has 0 bridgehead atoms. The first-order valence-electron chi connectivity index (χ1n) is 5.32. The predicted octanol–water partition coefficient (Wildman–Crippen LogP) is 1.94. The van der Waals surface area contributed by atoms with Crippen LogP contribution in [0.25, 0.3) is 0 Å². The van der Waals surface area contributed by atoms with Gasteiger partial charge in [0.25, 0.3) is 0 Å². The van der Waals surface area contributed by atoms with Crippen LogP contribution in [-0.2, 0) is 14.3 Å². The molecule has 1 aromatic rings. The van der Waals surface area contributed by atoms with Crippen LogP contribution in [0.4, 0.5) is 0 Å². The van der Waals surface area contributed by atoms with Crippen LogP contribution in [0.5, 0.6) is 0 Å². The summed E-state index contributed by atoms with van der Waals surface area (Å²) >= 11 is 1.32. The molecule has 1 aliphatic rings. The van der Waals surface area contributed by atoms with Crippen molar-refractivity contribution in [3.05, 3.63) is 16.1 Å². The molecule has 1 heterocycles. The summed E-state index contributed by atoms with van der Waals surface area (Å²) in [6.07, 6.45) is 1.76. The van der Waals surface area contributed by atoms with Crippen molar-refractivity contribution in [3.63, 3.8) is 0 Å². The third-order valence-corrected chi connectivity index (χ3v) is 3.41. The largest absolute Gasteiger partial charge is 0.464 e. The minimum Gasteiger partial charge on any atom is -0.464 e. The van der Waals surface area contributed by atoms with Gasteiger partial charge >= 0.3 is 11.9 Å². The average molecular weight is 255 g/mol. The van der Waals surface area contributed by atoms with Gasteiger partial charge in [0, 0.05) is 18.2 Å². The Morgan fingerprint density at radius 2 is 2.24 bits per heavy atom. The average Bonchev–Trinajstić information content (AvgIpc) is 3.02. The lowest BCUT2D eigenvalue weighted by atomic mass is 10.2. The van der Waals surface area contributed by atoms with Crippen molar-refractivity contribution in [3.8, 4) is 0 Å². The van der Waals surface area contributed by atoms with E-state index in [4.69, 9.17) is 4.74 Å². The standard InChI is InChI=1S/C11H13NO4S/c1-6(13)16-9(7-3-4-7)10-12-8(5-17-10)11(14)15-2/h5,7,9H,3-4H2,1-2H3. The highest BCUT2D eigenvalue weighted by Gasteiger charge is 2.37. The molecule has 92 valence electrons. The lowest BCUT2D eigenvalue weighted by molar-refractivity contribution is -0.147. The molecule has 0 spiro atoms. The first-order valence-corrected chi connectivity index (χ1v) is 6.20. The van der Waals surface area contributed by atoms with Crippen molar-refractivity contribution < 1.29 is 19.1 Å². The van der Waals surface area contributed by atoms with Crippen LogP contribution in [0.15, 0.2) is 5.38 Å². The molecule has 0 N–H and O–H groups in total. The van der Waals surface area contributed by atoms with E-state index in [9.17, 15) is 9.59 Å². The van der Waals surface area contributed by atoms with Gasteiger partial charge in [0.05, 0.1) is 7.11 Å². The number of carbonyl (C=O) groups is 2. The van der Waals surface area contributed by atoms with Crippen molar-refractivity contribution in [1.29, 1.82) is 0 Å². The molecule has 0 saturated heterocycles. The van der Waals surface area contributed by atoms with Gasteiger partial charge in [-0.05, 0) is 12.8 Å². The molecule has 1 atom stereocenters. The summed E-state index contributed by atoms with van der Waals surface area (Å²) in [5, 5.41) is 2.29. The highest BCUT2D eigenvalue weighted by atomic mass is 32.1. The number of hydrogen-bond acceptors (Lipinski definition) is 6. The number of esters is 2. The maximum absolute atomic E-state index is 11.3. The zero-order chi connectivity index (χ0) is 12.4. The van der Waals surface area contributed by atoms with E-state index in [0.29, 0.717) is 10.9 Å². The number of thiazole rings is 1. The predicted molar refractivity (Wildman–Crippen MR) is 60.7 cm³/mol. The van der Waals surface area contributed by atoms with Crippen LogP contribution in [-0.4, -0.2) is 24.0 Å². The molecule has 0 aromatic carbocycles. The number of methoxy groups -OCH3 is 1. The second-order valence-electron chi connectivity index (χ2n) is 3.93. The summed E-state index contributed by atoms with van der Waals surface area (Å²) in [6.45, 7) is 1.38. The van der Waals surface area contributed by atoms with Gasteiger partial charge in [-0.1, -0.05) is 0 Å². The monoisotopic (exact) mass is 255 g/mol. The first kappa shape index (κ1) is 12.0. The lowest BCUT2D eigenvalue weighted by Crippen LogP contribution is -2.11. The van der Waals surface area contributed by atoms with Gasteiger partial charge in [-0.3, -0.25) is 4.79 Å². The fourth-order valence-electron chi connectivity index (χ4n) is 1.54. The quantitative estimate of drug-likeness (QED) is 0.769. The summed E-state index contributed by atoms with van der Waals surface area (Å²) in [6, 6.07) is 0. The Morgan fingerprint density at radius 1 is 1.53 bits per heavy atom. The Morgan fingerprint density at radius 3 is 2.76 bits per heavy atom. The van der Waals surface area contributed by atoms with Gasteiger partial charge in [-0.15, -0.1) is 11.3 Å². The summed E-state index contributed by atoms with van der Waals surface area (Å²) < 4.78 is 9.83. The number of hydrogen-bond donors (Lipinski definition) is 0. The maximum Gasteiger partial charge on any atom is 0.357 e. The van der Waals surface area contributed by atoms with E-state index in [1.807, 2.05) is 0 Å². The Hall–Kier alpha value is -1.43. The highest BCUT2D eigenvalue weighted by Crippen LogP contribution is 2.44. The molecule has 5 nitrogen and oxygen atoms in total. The van der Waals surface area contributed by atoms with E-state index in [1.54, 1.807) is 5.38 Å². The SMILES string of the molecule is COC(=O)c1csc(C(OC(C)=O)C2CC2)n1. The second kappa shape index (κ2) is 4.83. The normalized spacial score (nSPS) is 16.4. The number of rotatable bonds is 4. The molecule has 17 heavy (non-hydrogen) atoms.